The van der Waals surface area contributed by atoms with Crippen molar-refractivity contribution in [3.63, 3.8) is 0 Å². The smallest absolute Gasteiger partial charge is 0.410 e. The Bertz CT molecular complexity index is 585. The van der Waals surface area contributed by atoms with Gasteiger partial charge >= 0.3 is 6.09 Å². The van der Waals surface area contributed by atoms with Crippen LogP contribution in [0.1, 0.15) is 27.2 Å². The van der Waals surface area contributed by atoms with Crippen molar-refractivity contribution in [1.82, 2.24) is 9.88 Å². The highest BCUT2D eigenvalue weighted by molar-refractivity contribution is 5.93. The summed E-state index contributed by atoms with van der Waals surface area (Å²) in [4.78, 5) is 29.6. The van der Waals surface area contributed by atoms with Gasteiger partial charge in [-0.3, -0.25) is 4.79 Å². The van der Waals surface area contributed by atoms with Crippen LogP contribution in [0.5, 0.6) is 0 Å². The van der Waals surface area contributed by atoms with Crippen molar-refractivity contribution < 1.29 is 18.7 Å². The number of nitrogens with two attached hydrogens (primary N) is 1. The van der Waals surface area contributed by atoms with Crippen molar-refractivity contribution in [2.24, 2.45) is 11.8 Å². The lowest BCUT2D eigenvalue weighted by Crippen LogP contribution is -2.43. The van der Waals surface area contributed by atoms with Crippen molar-refractivity contribution >= 4 is 17.8 Å². The second-order valence-electron chi connectivity index (χ2n) is 6.45. The minimum atomic E-state index is -0.586. The molecule has 0 saturated carbocycles. The van der Waals surface area contributed by atoms with Crippen LogP contribution in [0.2, 0.25) is 0 Å². The van der Waals surface area contributed by atoms with E-state index in [1.54, 1.807) is 20.8 Å². The average molecular weight is 324 g/mol. The molecule has 1 aliphatic heterocycles. The SMILES string of the molecule is CC(C)(C)OC(=O)N1CCC(C(=O)N(N)c2ccc(F)cn2)C1. The van der Waals surface area contributed by atoms with Gasteiger partial charge < -0.3 is 9.64 Å². The minimum Gasteiger partial charge on any atom is -0.444 e. The number of carbonyl (C=O) groups excluding carboxylic acids is 2. The van der Waals surface area contributed by atoms with Crippen molar-refractivity contribution in [1.29, 1.82) is 0 Å². The summed E-state index contributed by atoms with van der Waals surface area (Å²) in [6.07, 6.45) is 1.04. The second-order valence-corrected chi connectivity index (χ2v) is 6.45. The average Bonchev–Trinajstić information content (AvgIpc) is 2.94. The first-order valence-corrected chi connectivity index (χ1v) is 7.35. The number of likely N-dealkylation sites (tertiary alicyclic amines) is 1. The molecule has 126 valence electrons. The van der Waals surface area contributed by atoms with Gasteiger partial charge in [0.2, 0.25) is 5.91 Å². The molecule has 2 amide bonds. The molecular formula is C15H21FN4O3. The molecule has 1 aliphatic rings. The highest BCUT2D eigenvalue weighted by Crippen LogP contribution is 2.22. The summed E-state index contributed by atoms with van der Waals surface area (Å²) in [5.41, 5.74) is -0.586. The number of carbonyl (C=O) groups is 2. The Morgan fingerprint density at radius 2 is 2.13 bits per heavy atom. The summed E-state index contributed by atoms with van der Waals surface area (Å²) < 4.78 is 18.1. The molecule has 2 heterocycles. The van der Waals surface area contributed by atoms with Gasteiger partial charge in [0.05, 0.1) is 12.1 Å². The monoisotopic (exact) mass is 324 g/mol. The van der Waals surface area contributed by atoms with E-state index in [-0.39, 0.29) is 18.3 Å². The zero-order chi connectivity index (χ0) is 17.2. The van der Waals surface area contributed by atoms with Crippen LogP contribution in [0.4, 0.5) is 15.0 Å². The number of hydrogen-bond acceptors (Lipinski definition) is 5. The number of aromatic nitrogens is 1. The molecule has 1 fully saturated rings. The second kappa shape index (κ2) is 6.49. The molecule has 2 rings (SSSR count). The van der Waals surface area contributed by atoms with Crippen molar-refractivity contribution in [3.8, 4) is 0 Å². The summed E-state index contributed by atoms with van der Waals surface area (Å²) in [5.74, 6) is 4.61. The number of ether oxygens (including phenoxy) is 1. The first-order chi connectivity index (χ1) is 10.7. The summed E-state index contributed by atoms with van der Waals surface area (Å²) >= 11 is 0. The molecule has 0 bridgehead atoms. The van der Waals surface area contributed by atoms with Gasteiger partial charge in [-0.1, -0.05) is 0 Å². The van der Waals surface area contributed by atoms with Crippen molar-refractivity contribution in [2.75, 3.05) is 18.1 Å². The predicted octanol–water partition coefficient (Wildman–Crippen LogP) is 1.68. The molecule has 2 N–H and O–H groups in total. The maximum absolute atomic E-state index is 12.9. The van der Waals surface area contributed by atoms with Crippen LogP contribution in [0.15, 0.2) is 18.3 Å². The van der Waals surface area contributed by atoms with Crippen LogP contribution < -0.4 is 10.9 Å². The molecule has 0 spiro atoms. The molecule has 0 radical (unpaired) electrons. The first-order valence-electron chi connectivity index (χ1n) is 7.35. The van der Waals surface area contributed by atoms with Gasteiger partial charge in [-0.15, -0.1) is 0 Å². The van der Waals surface area contributed by atoms with Crippen LogP contribution in [0, 0.1) is 11.7 Å². The largest absolute Gasteiger partial charge is 0.444 e. The van der Waals surface area contributed by atoms with Gasteiger partial charge in [0, 0.05) is 13.1 Å². The number of anilines is 1. The third kappa shape index (κ3) is 4.38. The fourth-order valence-corrected chi connectivity index (χ4v) is 2.27. The minimum absolute atomic E-state index is 0.159. The van der Waals surface area contributed by atoms with Crippen LogP contribution >= 0.6 is 0 Å². The normalized spacial score (nSPS) is 18.0. The number of amides is 2. The van der Waals surface area contributed by atoms with E-state index in [4.69, 9.17) is 10.6 Å². The van der Waals surface area contributed by atoms with E-state index in [0.717, 1.165) is 11.2 Å². The molecular weight excluding hydrogens is 303 g/mol. The highest BCUT2D eigenvalue weighted by atomic mass is 19.1. The number of halogens is 1. The number of hydrogen-bond donors (Lipinski definition) is 1. The van der Waals surface area contributed by atoms with E-state index in [9.17, 15) is 14.0 Å². The van der Waals surface area contributed by atoms with Crippen molar-refractivity contribution in [3.05, 3.63) is 24.1 Å². The molecule has 1 aromatic rings. The molecule has 1 aromatic heterocycles. The summed E-state index contributed by atoms with van der Waals surface area (Å²) in [6.45, 7) is 6.01. The number of nitrogens with zero attached hydrogens (tertiary/aromatic N) is 3. The van der Waals surface area contributed by atoms with E-state index < -0.39 is 23.4 Å². The third-order valence-corrected chi connectivity index (χ3v) is 3.39. The Labute approximate surface area is 134 Å². The predicted molar refractivity (Wildman–Crippen MR) is 81.8 cm³/mol. The number of pyridine rings is 1. The number of rotatable bonds is 2. The van der Waals surface area contributed by atoms with Crippen LogP contribution in [-0.4, -0.2) is 40.6 Å². The van der Waals surface area contributed by atoms with E-state index in [1.165, 1.54) is 17.0 Å². The third-order valence-electron chi connectivity index (χ3n) is 3.39. The lowest BCUT2D eigenvalue weighted by Gasteiger charge is -2.24. The van der Waals surface area contributed by atoms with Gasteiger partial charge in [-0.05, 0) is 39.3 Å². The van der Waals surface area contributed by atoms with Crippen LogP contribution in [-0.2, 0) is 9.53 Å². The maximum Gasteiger partial charge on any atom is 0.410 e. The zero-order valence-electron chi connectivity index (χ0n) is 13.5. The lowest BCUT2D eigenvalue weighted by molar-refractivity contribution is -0.122. The molecule has 7 nitrogen and oxygen atoms in total. The topological polar surface area (TPSA) is 88.8 Å². The summed E-state index contributed by atoms with van der Waals surface area (Å²) in [5, 5.41) is 0.892. The maximum atomic E-state index is 12.9. The molecule has 1 unspecified atom stereocenters. The van der Waals surface area contributed by atoms with Gasteiger partial charge in [0.1, 0.15) is 17.2 Å². The van der Waals surface area contributed by atoms with Crippen LogP contribution in [0.3, 0.4) is 0 Å². The fraction of sp³-hybridized carbons (Fsp3) is 0.533. The Balaban J connectivity index is 1.96. The van der Waals surface area contributed by atoms with Gasteiger partial charge in [0.25, 0.3) is 0 Å². The Hall–Kier alpha value is -2.22. The molecule has 1 saturated heterocycles. The Morgan fingerprint density at radius 3 is 2.70 bits per heavy atom. The molecule has 1 atom stereocenters. The quantitative estimate of drug-likeness (QED) is 0.508. The summed E-state index contributed by atoms with van der Waals surface area (Å²) in [7, 11) is 0. The highest BCUT2D eigenvalue weighted by Gasteiger charge is 2.35. The van der Waals surface area contributed by atoms with E-state index >= 15 is 0 Å². The molecule has 23 heavy (non-hydrogen) atoms. The van der Waals surface area contributed by atoms with E-state index in [1.807, 2.05) is 0 Å². The van der Waals surface area contributed by atoms with Crippen molar-refractivity contribution in [2.45, 2.75) is 32.8 Å². The standard InChI is InChI=1S/C15H21FN4O3/c1-15(2,3)23-14(22)19-7-6-10(9-19)13(21)20(17)12-5-4-11(16)8-18-12/h4-5,8,10H,6-7,9,17H2,1-3H3. The fourth-order valence-electron chi connectivity index (χ4n) is 2.27. The van der Waals surface area contributed by atoms with Gasteiger partial charge in [-0.25, -0.2) is 25.0 Å². The number of hydrazine groups is 1. The Morgan fingerprint density at radius 1 is 1.43 bits per heavy atom. The Kier molecular flexibility index (Phi) is 4.84. The van der Waals surface area contributed by atoms with E-state index in [0.29, 0.717) is 13.0 Å². The molecule has 0 aromatic carbocycles. The van der Waals surface area contributed by atoms with E-state index in [2.05, 4.69) is 4.98 Å². The van der Waals surface area contributed by atoms with Gasteiger partial charge in [0.15, 0.2) is 0 Å². The van der Waals surface area contributed by atoms with Gasteiger partial charge in [-0.2, -0.15) is 0 Å². The zero-order valence-corrected chi connectivity index (χ0v) is 13.5. The van der Waals surface area contributed by atoms with Crippen LogP contribution in [0.25, 0.3) is 0 Å². The lowest BCUT2D eigenvalue weighted by atomic mass is 10.1. The molecule has 8 heteroatoms. The summed E-state index contributed by atoms with van der Waals surface area (Å²) in [6, 6.07) is 2.50. The first kappa shape index (κ1) is 17.1. The molecule has 0 aliphatic carbocycles.